The van der Waals surface area contributed by atoms with Crippen LogP contribution in [0.4, 0.5) is 4.79 Å². The molecule has 0 fully saturated rings. The number of benzene rings is 2. The Morgan fingerprint density at radius 3 is 1.82 bits per heavy atom. The van der Waals surface area contributed by atoms with E-state index in [2.05, 4.69) is 16.0 Å². The topological polar surface area (TPSA) is 148 Å². The predicted molar refractivity (Wildman–Crippen MR) is 175 cm³/mol. The fourth-order valence-electron chi connectivity index (χ4n) is 5.21. The lowest BCUT2D eigenvalue weighted by Gasteiger charge is -2.34. The van der Waals surface area contributed by atoms with Crippen molar-refractivity contribution in [1.82, 2.24) is 20.9 Å². The first-order valence-electron chi connectivity index (χ1n) is 15.5. The summed E-state index contributed by atoms with van der Waals surface area (Å²) in [6, 6.07) is 16.5. The lowest BCUT2D eigenvalue weighted by molar-refractivity contribution is -0.134. The normalized spacial score (nSPS) is 14.5. The van der Waals surface area contributed by atoms with Crippen molar-refractivity contribution in [1.29, 1.82) is 0 Å². The Kier molecular flexibility index (Phi) is 13.6. The zero-order valence-corrected chi connectivity index (χ0v) is 28.0. The zero-order valence-electron chi connectivity index (χ0n) is 28.0. The van der Waals surface area contributed by atoms with Crippen LogP contribution in [-0.4, -0.2) is 69.2 Å². The molecule has 0 saturated carbocycles. The van der Waals surface area contributed by atoms with Gasteiger partial charge in [-0.25, -0.2) is 4.79 Å². The van der Waals surface area contributed by atoms with Gasteiger partial charge in [-0.1, -0.05) is 95.3 Å². The SMILES string of the molecule is CC(C)[C@@H](C(=O)N[C@@H](Cc1ccccc1)[C@H](O)CNC(=O)[C@H](CC(=O)NC(C)(C)C)C(C)(C)C)N(Cc1ccccc1)C(=O)O. The van der Waals surface area contributed by atoms with Crippen LogP contribution in [0.15, 0.2) is 60.7 Å². The summed E-state index contributed by atoms with van der Waals surface area (Å²) < 4.78 is 0. The number of aliphatic hydroxyl groups excluding tert-OH is 1. The highest BCUT2D eigenvalue weighted by Crippen LogP contribution is 2.29. The maximum absolute atomic E-state index is 13.8. The Bertz CT molecular complexity index is 1250. The third-order valence-electron chi connectivity index (χ3n) is 7.52. The fourth-order valence-corrected chi connectivity index (χ4v) is 5.21. The van der Waals surface area contributed by atoms with Crippen molar-refractivity contribution in [2.45, 2.75) is 98.5 Å². The van der Waals surface area contributed by atoms with Crippen LogP contribution >= 0.6 is 0 Å². The highest BCUT2D eigenvalue weighted by atomic mass is 16.4. The van der Waals surface area contributed by atoms with Gasteiger partial charge in [-0.15, -0.1) is 0 Å². The van der Waals surface area contributed by atoms with Gasteiger partial charge in [-0.05, 0) is 49.7 Å². The number of carbonyl (C=O) groups excluding carboxylic acids is 3. The van der Waals surface area contributed by atoms with Gasteiger partial charge in [0.05, 0.1) is 18.1 Å². The highest BCUT2D eigenvalue weighted by molar-refractivity contribution is 5.87. The molecule has 0 saturated heterocycles. The number of aliphatic hydroxyl groups is 1. The first-order chi connectivity index (χ1) is 20.9. The lowest BCUT2D eigenvalue weighted by Crippen LogP contribution is -2.57. The molecule has 0 aliphatic rings. The predicted octanol–water partition coefficient (Wildman–Crippen LogP) is 4.36. The number of amides is 4. The molecule has 0 unspecified atom stereocenters. The van der Waals surface area contributed by atoms with Gasteiger partial charge >= 0.3 is 6.09 Å². The van der Waals surface area contributed by atoms with Crippen molar-refractivity contribution in [2.75, 3.05) is 6.54 Å². The second-order valence-corrected chi connectivity index (χ2v) is 14.1. The van der Waals surface area contributed by atoms with E-state index in [0.29, 0.717) is 0 Å². The van der Waals surface area contributed by atoms with Gasteiger partial charge in [0.2, 0.25) is 17.7 Å². The standard InChI is InChI=1S/C35H52N4O6/c1-23(2)30(39(33(44)45)22-25-17-13-10-14-18-25)32(43)37-27(19-24-15-11-9-12-16-24)28(40)21-36-31(42)26(34(3,4)5)20-29(41)38-35(6,7)8/h9-18,23,26-28,30,40H,19-22H2,1-8H3,(H,36,42)(H,37,43)(H,38,41)(H,44,45)/t26-,27-,28+,30-/m0/s1. The van der Waals surface area contributed by atoms with Crippen LogP contribution in [-0.2, 0) is 27.3 Å². The van der Waals surface area contributed by atoms with E-state index in [1.54, 1.807) is 26.0 Å². The van der Waals surface area contributed by atoms with Gasteiger partial charge in [0, 0.05) is 25.0 Å². The van der Waals surface area contributed by atoms with E-state index in [1.165, 1.54) is 0 Å². The fraction of sp³-hybridized carbons (Fsp3) is 0.543. The Balaban J connectivity index is 2.27. The van der Waals surface area contributed by atoms with E-state index in [4.69, 9.17) is 0 Å². The van der Waals surface area contributed by atoms with Gasteiger partial charge in [-0.2, -0.15) is 0 Å². The second kappa shape index (κ2) is 16.4. The van der Waals surface area contributed by atoms with Gasteiger partial charge in [0.1, 0.15) is 6.04 Å². The molecule has 4 atom stereocenters. The van der Waals surface area contributed by atoms with Crippen molar-refractivity contribution >= 4 is 23.8 Å². The van der Waals surface area contributed by atoms with E-state index in [9.17, 15) is 29.4 Å². The number of carbonyl (C=O) groups is 4. The average molecular weight is 625 g/mol. The summed E-state index contributed by atoms with van der Waals surface area (Å²) in [5.41, 5.74) is 0.609. The molecule has 0 aromatic heterocycles. The van der Waals surface area contributed by atoms with Crippen LogP contribution in [0.3, 0.4) is 0 Å². The molecule has 0 radical (unpaired) electrons. The first kappa shape index (κ1) is 37.3. The molecular weight excluding hydrogens is 572 g/mol. The average Bonchev–Trinajstić information content (AvgIpc) is 2.93. The summed E-state index contributed by atoms with van der Waals surface area (Å²) in [6.45, 7) is 14.6. The third kappa shape index (κ3) is 12.5. The minimum atomic E-state index is -1.23. The molecule has 0 bridgehead atoms. The Labute approximate surface area is 268 Å². The van der Waals surface area contributed by atoms with Crippen LogP contribution in [0.25, 0.3) is 0 Å². The molecule has 2 aromatic rings. The van der Waals surface area contributed by atoms with Crippen LogP contribution in [0.1, 0.15) is 72.9 Å². The molecule has 5 N–H and O–H groups in total. The van der Waals surface area contributed by atoms with Crippen molar-refractivity contribution in [3.63, 3.8) is 0 Å². The summed E-state index contributed by atoms with van der Waals surface area (Å²) in [5.74, 6) is -2.20. The molecule has 4 amide bonds. The van der Waals surface area contributed by atoms with Crippen LogP contribution in [0.2, 0.25) is 0 Å². The zero-order chi connectivity index (χ0) is 33.9. The molecule has 0 heterocycles. The van der Waals surface area contributed by atoms with Gasteiger partial charge < -0.3 is 26.2 Å². The summed E-state index contributed by atoms with van der Waals surface area (Å²) in [5, 5.41) is 30.0. The Morgan fingerprint density at radius 2 is 1.36 bits per heavy atom. The Morgan fingerprint density at radius 1 is 0.822 bits per heavy atom. The minimum absolute atomic E-state index is 0.0185. The van der Waals surface area contributed by atoms with Gasteiger partial charge in [0.25, 0.3) is 0 Å². The minimum Gasteiger partial charge on any atom is -0.465 e. The summed E-state index contributed by atoms with van der Waals surface area (Å²) in [4.78, 5) is 53.3. The lowest BCUT2D eigenvalue weighted by atomic mass is 9.77. The maximum atomic E-state index is 13.8. The monoisotopic (exact) mass is 624 g/mol. The van der Waals surface area contributed by atoms with E-state index in [1.807, 2.05) is 90.1 Å². The largest absolute Gasteiger partial charge is 0.465 e. The van der Waals surface area contributed by atoms with Crippen molar-refractivity contribution in [3.8, 4) is 0 Å². The van der Waals surface area contributed by atoms with E-state index < -0.39 is 47.1 Å². The van der Waals surface area contributed by atoms with Crippen LogP contribution in [0.5, 0.6) is 0 Å². The number of nitrogens with zero attached hydrogens (tertiary/aromatic N) is 1. The van der Waals surface area contributed by atoms with Gasteiger partial charge in [-0.3, -0.25) is 19.3 Å². The second-order valence-electron chi connectivity index (χ2n) is 14.1. The quantitative estimate of drug-likeness (QED) is 0.211. The molecule has 2 rings (SSSR count). The van der Waals surface area contributed by atoms with Gasteiger partial charge in [0.15, 0.2) is 0 Å². The molecular formula is C35H52N4O6. The first-order valence-corrected chi connectivity index (χ1v) is 15.5. The molecule has 0 spiro atoms. The molecule has 0 aliphatic heterocycles. The smallest absolute Gasteiger partial charge is 0.408 e. The molecule has 45 heavy (non-hydrogen) atoms. The number of rotatable bonds is 14. The number of nitrogens with one attached hydrogen (secondary N) is 3. The molecule has 0 aliphatic carbocycles. The van der Waals surface area contributed by atoms with Crippen molar-refractivity contribution in [3.05, 3.63) is 71.8 Å². The summed E-state index contributed by atoms with van der Waals surface area (Å²) in [6.07, 6.45) is -2.21. The maximum Gasteiger partial charge on any atom is 0.408 e. The molecule has 248 valence electrons. The van der Waals surface area contributed by atoms with Crippen LogP contribution in [0, 0.1) is 17.3 Å². The number of carboxylic acid groups (broad SMARTS) is 1. The van der Waals surface area contributed by atoms with Crippen molar-refractivity contribution in [2.24, 2.45) is 17.3 Å². The van der Waals surface area contributed by atoms with E-state index >= 15 is 0 Å². The van der Waals surface area contributed by atoms with E-state index in [0.717, 1.165) is 16.0 Å². The summed E-state index contributed by atoms with van der Waals surface area (Å²) >= 11 is 0. The molecule has 2 aromatic carbocycles. The van der Waals surface area contributed by atoms with E-state index in [-0.39, 0.29) is 43.7 Å². The number of hydrogen-bond acceptors (Lipinski definition) is 5. The molecule has 10 nitrogen and oxygen atoms in total. The highest BCUT2D eigenvalue weighted by Gasteiger charge is 2.37. The Hall–Kier alpha value is -3.92. The number of hydrogen-bond donors (Lipinski definition) is 5. The third-order valence-corrected chi connectivity index (χ3v) is 7.52. The van der Waals surface area contributed by atoms with Crippen LogP contribution < -0.4 is 16.0 Å². The molecule has 10 heteroatoms. The summed E-state index contributed by atoms with van der Waals surface area (Å²) in [7, 11) is 0. The van der Waals surface area contributed by atoms with Crippen molar-refractivity contribution < 1.29 is 29.4 Å².